The number of aryl methyl sites for hydroxylation is 1. The summed E-state index contributed by atoms with van der Waals surface area (Å²) in [6.45, 7) is 1.75. The highest BCUT2D eigenvalue weighted by Gasteiger charge is 2.28. The molecule has 0 bridgehead atoms. The molecule has 1 unspecified atom stereocenters. The lowest BCUT2D eigenvalue weighted by Crippen LogP contribution is -2.47. The molecule has 2 aromatic heterocycles. The monoisotopic (exact) mass is 378 g/mol. The molecule has 4 N–H and O–H groups in total. The van der Waals surface area contributed by atoms with Gasteiger partial charge in [0.1, 0.15) is 12.4 Å². The largest absolute Gasteiger partial charge is 0.363 e. The van der Waals surface area contributed by atoms with Crippen LogP contribution in [0.25, 0.3) is 11.3 Å². The van der Waals surface area contributed by atoms with Gasteiger partial charge in [-0.15, -0.1) is 0 Å². The Morgan fingerprint density at radius 2 is 1.93 bits per heavy atom. The number of primary amides is 1. The second-order valence-corrected chi connectivity index (χ2v) is 6.11. The minimum absolute atomic E-state index is 0.0616. The predicted octanol–water partition coefficient (Wildman–Crippen LogP) is 0.571. The first kappa shape index (κ1) is 18.9. The van der Waals surface area contributed by atoms with Gasteiger partial charge in [-0.3, -0.25) is 19.5 Å². The number of aromatic amines is 1. The van der Waals surface area contributed by atoms with Gasteiger partial charge in [0.2, 0.25) is 5.78 Å². The number of nitrogens with zero attached hydrogens (tertiary/aromatic N) is 3. The summed E-state index contributed by atoms with van der Waals surface area (Å²) in [5.41, 5.74) is 7.61. The zero-order chi connectivity index (χ0) is 20.1. The van der Waals surface area contributed by atoms with Crippen molar-refractivity contribution in [3.05, 3.63) is 65.9 Å². The molecule has 0 radical (unpaired) electrons. The molecule has 1 aromatic carbocycles. The van der Waals surface area contributed by atoms with Crippen LogP contribution < -0.4 is 11.1 Å². The van der Waals surface area contributed by atoms with Gasteiger partial charge in [0, 0.05) is 18.3 Å². The van der Waals surface area contributed by atoms with Crippen molar-refractivity contribution in [2.24, 2.45) is 5.73 Å². The number of ketones is 1. The first-order valence-electron chi connectivity index (χ1n) is 8.47. The van der Waals surface area contributed by atoms with Gasteiger partial charge < -0.3 is 11.1 Å². The molecular formula is C19H18N6O3. The van der Waals surface area contributed by atoms with Gasteiger partial charge in [0.25, 0.3) is 11.8 Å². The van der Waals surface area contributed by atoms with Crippen LogP contribution in [0.15, 0.2) is 48.9 Å². The molecule has 28 heavy (non-hydrogen) atoms. The third-order valence-corrected chi connectivity index (χ3v) is 4.15. The number of nitrogens with one attached hydrogen (secondary N) is 2. The number of carbonyl (C=O) groups excluding carboxylic acids is 3. The Morgan fingerprint density at radius 3 is 2.57 bits per heavy atom. The van der Waals surface area contributed by atoms with Crippen molar-refractivity contribution >= 4 is 17.6 Å². The number of benzene rings is 1. The van der Waals surface area contributed by atoms with Crippen LogP contribution in [0.4, 0.5) is 0 Å². The Bertz CT molecular complexity index is 1000. The molecule has 0 saturated carbocycles. The van der Waals surface area contributed by atoms with Crippen molar-refractivity contribution in [2.45, 2.75) is 19.4 Å². The fraction of sp³-hybridized carbons (Fsp3) is 0.158. The van der Waals surface area contributed by atoms with Crippen molar-refractivity contribution in [3.63, 3.8) is 0 Å². The number of amides is 2. The van der Waals surface area contributed by atoms with Crippen LogP contribution in [-0.4, -0.2) is 43.8 Å². The number of rotatable bonds is 7. The number of hydrogen-bond acceptors (Lipinski definition) is 6. The quantitative estimate of drug-likeness (QED) is 0.513. The highest BCUT2D eigenvalue weighted by Crippen LogP contribution is 2.23. The molecule has 2 heterocycles. The van der Waals surface area contributed by atoms with E-state index in [0.29, 0.717) is 17.0 Å². The van der Waals surface area contributed by atoms with E-state index in [1.54, 1.807) is 43.5 Å². The molecule has 0 aliphatic rings. The lowest BCUT2D eigenvalue weighted by Gasteiger charge is -2.16. The fourth-order valence-electron chi connectivity index (χ4n) is 2.80. The second kappa shape index (κ2) is 8.21. The van der Waals surface area contributed by atoms with E-state index in [0.717, 1.165) is 5.56 Å². The van der Waals surface area contributed by atoms with Gasteiger partial charge in [0.05, 0.1) is 11.3 Å². The summed E-state index contributed by atoms with van der Waals surface area (Å²) in [7, 11) is 0. The van der Waals surface area contributed by atoms with Gasteiger partial charge in [-0.25, -0.2) is 9.97 Å². The van der Waals surface area contributed by atoms with E-state index in [-0.39, 0.29) is 12.1 Å². The van der Waals surface area contributed by atoms with Crippen LogP contribution in [0.1, 0.15) is 21.7 Å². The molecule has 3 rings (SSSR count). The van der Waals surface area contributed by atoms with Crippen LogP contribution in [0.3, 0.4) is 0 Å². The Kier molecular flexibility index (Phi) is 5.54. The molecule has 0 fully saturated rings. The highest BCUT2D eigenvalue weighted by atomic mass is 16.2. The summed E-state index contributed by atoms with van der Waals surface area (Å²) in [5, 5.41) is 9.35. The Hall–Kier alpha value is -3.88. The second-order valence-electron chi connectivity index (χ2n) is 6.11. The Balaban J connectivity index is 1.89. The van der Waals surface area contributed by atoms with E-state index in [1.165, 1.54) is 6.33 Å². The van der Waals surface area contributed by atoms with Crippen molar-refractivity contribution in [1.29, 1.82) is 0 Å². The van der Waals surface area contributed by atoms with E-state index in [9.17, 15) is 14.4 Å². The Morgan fingerprint density at radius 1 is 1.18 bits per heavy atom. The smallest absolute Gasteiger partial charge is 0.287 e. The number of H-pyrrole nitrogens is 1. The summed E-state index contributed by atoms with van der Waals surface area (Å²) in [4.78, 5) is 44.5. The van der Waals surface area contributed by atoms with E-state index in [2.05, 4.69) is 25.5 Å². The first-order valence-corrected chi connectivity index (χ1v) is 8.47. The maximum Gasteiger partial charge on any atom is 0.287 e. The molecule has 142 valence electrons. The maximum atomic E-state index is 12.8. The molecule has 9 nitrogen and oxygen atoms in total. The summed E-state index contributed by atoms with van der Waals surface area (Å²) in [6.07, 6.45) is 3.03. The number of hydrogen-bond donors (Lipinski definition) is 3. The zero-order valence-corrected chi connectivity index (χ0v) is 15.0. The summed E-state index contributed by atoms with van der Waals surface area (Å²) in [5.74, 6) is -2.61. The van der Waals surface area contributed by atoms with Crippen LogP contribution in [-0.2, 0) is 16.0 Å². The minimum Gasteiger partial charge on any atom is -0.363 e. The topological polar surface area (TPSA) is 144 Å². The number of carbonyl (C=O) groups is 3. The van der Waals surface area contributed by atoms with Crippen molar-refractivity contribution in [2.75, 3.05) is 0 Å². The van der Waals surface area contributed by atoms with Gasteiger partial charge in [-0.05, 0) is 18.6 Å². The minimum atomic E-state index is -1.12. The van der Waals surface area contributed by atoms with Crippen molar-refractivity contribution in [1.82, 2.24) is 25.5 Å². The molecule has 1 atom stereocenters. The van der Waals surface area contributed by atoms with Crippen LogP contribution in [0.5, 0.6) is 0 Å². The standard InChI is InChI=1S/C19H18N6O3/c1-11-15(13-7-8-21-10-22-13)16(25-24-11)19(28)23-14(17(26)18(20)27)9-12-5-3-2-4-6-12/h2-8,10,14H,9H2,1H3,(H2,20,27)(H,23,28)(H,24,25). The molecular weight excluding hydrogens is 360 g/mol. The molecule has 3 aromatic rings. The third kappa shape index (κ3) is 4.09. The predicted molar refractivity (Wildman–Crippen MR) is 100.0 cm³/mol. The van der Waals surface area contributed by atoms with Gasteiger partial charge in [-0.1, -0.05) is 30.3 Å². The van der Waals surface area contributed by atoms with E-state index < -0.39 is 23.6 Å². The molecule has 0 spiro atoms. The normalized spacial score (nSPS) is 11.6. The lowest BCUT2D eigenvalue weighted by atomic mass is 10.0. The fourth-order valence-corrected chi connectivity index (χ4v) is 2.80. The molecule has 2 amide bonds. The lowest BCUT2D eigenvalue weighted by molar-refractivity contribution is -0.137. The zero-order valence-electron chi connectivity index (χ0n) is 15.0. The average Bonchev–Trinajstić information content (AvgIpc) is 3.09. The molecule has 0 aliphatic heterocycles. The van der Waals surface area contributed by atoms with E-state index in [4.69, 9.17) is 5.73 Å². The number of aromatic nitrogens is 4. The number of Topliss-reactive ketones (excluding diaryl/α,β-unsaturated/α-hetero) is 1. The first-order chi connectivity index (χ1) is 13.5. The van der Waals surface area contributed by atoms with Crippen LogP contribution in [0.2, 0.25) is 0 Å². The average molecular weight is 378 g/mol. The van der Waals surface area contributed by atoms with Gasteiger partial charge >= 0.3 is 0 Å². The summed E-state index contributed by atoms with van der Waals surface area (Å²) >= 11 is 0. The summed E-state index contributed by atoms with van der Waals surface area (Å²) < 4.78 is 0. The molecule has 0 saturated heterocycles. The molecule has 9 heteroatoms. The SMILES string of the molecule is Cc1[nH]nc(C(=O)NC(Cc2ccccc2)C(=O)C(N)=O)c1-c1ccncn1. The van der Waals surface area contributed by atoms with Crippen molar-refractivity contribution < 1.29 is 14.4 Å². The number of nitrogens with two attached hydrogens (primary N) is 1. The van der Waals surface area contributed by atoms with Crippen LogP contribution >= 0.6 is 0 Å². The molecule has 0 aliphatic carbocycles. The van der Waals surface area contributed by atoms with Gasteiger partial charge in [-0.2, -0.15) is 5.10 Å². The van der Waals surface area contributed by atoms with Gasteiger partial charge in [0.15, 0.2) is 5.69 Å². The van der Waals surface area contributed by atoms with E-state index in [1.807, 2.05) is 6.07 Å². The van der Waals surface area contributed by atoms with Crippen molar-refractivity contribution in [3.8, 4) is 11.3 Å². The Labute approximate surface area is 160 Å². The van der Waals surface area contributed by atoms with E-state index >= 15 is 0 Å². The highest BCUT2D eigenvalue weighted by molar-refractivity contribution is 6.38. The summed E-state index contributed by atoms with van der Waals surface area (Å²) in [6, 6.07) is 9.54. The third-order valence-electron chi connectivity index (χ3n) is 4.15. The maximum absolute atomic E-state index is 12.8. The van der Waals surface area contributed by atoms with Crippen LogP contribution in [0, 0.1) is 6.92 Å².